The lowest BCUT2D eigenvalue weighted by Crippen LogP contribution is -2.20. The highest BCUT2D eigenvalue weighted by Crippen LogP contribution is 2.17. The van der Waals surface area contributed by atoms with Gasteiger partial charge in [0.2, 0.25) is 5.13 Å². The molecule has 0 unspecified atom stereocenters. The van der Waals surface area contributed by atoms with Gasteiger partial charge in [0.25, 0.3) is 15.9 Å². The summed E-state index contributed by atoms with van der Waals surface area (Å²) in [6, 6.07) is 9.46. The Balaban J connectivity index is 1.59. The number of nitrogens with one attached hydrogen (secondary N) is 2. The van der Waals surface area contributed by atoms with Crippen LogP contribution in [0, 0.1) is 0 Å². The zero-order chi connectivity index (χ0) is 20.9. The molecular weight excluding hydrogens is 434 g/mol. The third-order valence-electron chi connectivity index (χ3n) is 3.57. The number of benzene rings is 1. The number of ether oxygens (including phenoxy) is 1. The molecule has 0 aliphatic carbocycles. The van der Waals surface area contributed by atoms with Crippen molar-refractivity contribution in [2.75, 3.05) is 12.4 Å². The standard InChI is InChI=1S/C17H17N5O4S3/c1-11(20-22-29(24,25)13-7-5-12(26-2)6-8-13)10-15-18-17(28-21-15)19-16(23)14-4-3-9-27-14/h3-9,22H,10H2,1-2H3,(H,18,19,21,23)/b20-11+. The fourth-order valence-electron chi connectivity index (χ4n) is 2.16. The number of carbonyl (C=O) groups excluding carboxylic acids is 1. The highest BCUT2D eigenvalue weighted by molar-refractivity contribution is 7.89. The van der Waals surface area contributed by atoms with Crippen LogP contribution in [-0.4, -0.2) is 36.5 Å². The number of hydrogen-bond donors (Lipinski definition) is 2. The molecule has 3 aromatic rings. The molecule has 0 aliphatic heterocycles. The Hall–Kier alpha value is -2.83. The van der Waals surface area contributed by atoms with E-state index in [1.54, 1.807) is 31.2 Å². The van der Waals surface area contributed by atoms with Gasteiger partial charge in [-0.2, -0.15) is 17.9 Å². The average molecular weight is 452 g/mol. The number of anilines is 1. The Morgan fingerprint density at radius 2 is 2.00 bits per heavy atom. The lowest BCUT2D eigenvalue weighted by molar-refractivity contribution is 0.103. The molecule has 0 bridgehead atoms. The molecule has 2 heterocycles. The van der Waals surface area contributed by atoms with Crippen LogP contribution >= 0.6 is 22.9 Å². The normalized spacial score (nSPS) is 11.9. The summed E-state index contributed by atoms with van der Waals surface area (Å²) in [5.74, 6) is 0.738. The van der Waals surface area contributed by atoms with Gasteiger partial charge in [-0.15, -0.1) is 11.3 Å². The fourth-order valence-corrected chi connectivity index (χ4v) is 4.23. The minimum atomic E-state index is -3.80. The molecule has 1 amide bonds. The van der Waals surface area contributed by atoms with Gasteiger partial charge in [0.1, 0.15) is 11.6 Å². The van der Waals surface area contributed by atoms with Crippen LogP contribution in [0.15, 0.2) is 51.8 Å². The van der Waals surface area contributed by atoms with E-state index >= 15 is 0 Å². The Morgan fingerprint density at radius 3 is 2.66 bits per heavy atom. The topological polar surface area (TPSA) is 123 Å². The zero-order valence-corrected chi connectivity index (χ0v) is 17.9. The number of hydrazone groups is 1. The highest BCUT2D eigenvalue weighted by Gasteiger charge is 2.14. The van der Waals surface area contributed by atoms with Crippen LogP contribution in [0.25, 0.3) is 0 Å². The highest BCUT2D eigenvalue weighted by atomic mass is 32.2. The van der Waals surface area contributed by atoms with Gasteiger partial charge in [0, 0.05) is 23.7 Å². The minimum Gasteiger partial charge on any atom is -0.497 e. The fraction of sp³-hybridized carbons (Fsp3) is 0.176. The van der Waals surface area contributed by atoms with E-state index in [0.717, 1.165) is 11.5 Å². The van der Waals surface area contributed by atoms with Crippen LogP contribution < -0.4 is 14.9 Å². The average Bonchev–Trinajstić information content (AvgIpc) is 3.39. The first kappa shape index (κ1) is 20.9. The van der Waals surface area contributed by atoms with Crippen LogP contribution in [-0.2, 0) is 16.4 Å². The van der Waals surface area contributed by atoms with Crippen molar-refractivity contribution >= 4 is 49.6 Å². The number of rotatable bonds is 8. The van der Waals surface area contributed by atoms with Crippen molar-refractivity contribution in [3.8, 4) is 5.75 Å². The lowest BCUT2D eigenvalue weighted by Gasteiger charge is -2.05. The molecule has 0 radical (unpaired) electrons. The monoisotopic (exact) mass is 451 g/mol. The number of hydrogen-bond acceptors (Lipinski definition) is 9. The van der Waals surface area contributed by atoms with Crippen molar-refractivity contribution in [1.82, 2.24) is 14.2 Å². The van der Waals surface area contributed by atoms with E-state index in [2.05, 4.69) is 24.6 Å². The summed E-state index contributed by atoms with van der Waals surface area (Å²) in [7, 11) is -2.29. The van der Waals surface area contributed by atoms with E-state index in [4.69, 9.17) is 4.74 Å². The molecule has 12 heteroatoms. The summed E-state index contributed by atoms with van der Waals surface area (Å²) in [4.78, 5) is 19.1. The predicted molar refractivity (Wildman–Crippen MR) is 112 cm³/mol. The number of aromatic nitrogens is 2. The number of amides is 1. The van der Waals surface area contributed by atoms with Crippen molar-refractivity contribution in [3.05, 3.63) is 52.5 Å². The lowest BCUT2D eigenvalue weighted by atomic mass is 10.3. The van der Waals surface area contributed by atoms with Crippen LogP contribution in [0.2, 0.25) is 0 Å². The van der Waals surface area contributed by atoms with Gasteiger partial charge in [0.05, 0.1) is 16.9 Å². The first-order valence-electron chi connectivity index (χ1n) is 8.24. The molecule has 0 saturated carbocycles. The van der Waals surface area contributed by atoms with Gasteiger partial charge in [-0.05, 0) is 42.6 Å². The molecule has 0 atom stereocenters. The van der Waals surface area contributed by atoms with E-state index in [0.29, 0.717) is 27.3 Å². The maximum atomic E-state index is 12.3. The maximum Gasteiger partial charge on any atom is 0.276 e. The molecular formula is C17H17N5O4S3. The van der Waals surface area contributed by atoms with Gasteiger partial charge in [-0.1, -0.05) is 6.07 Å². The van der Waals surface area contributed by atoms with E-state index in [9.17, 15) is 13.2 Å². The molecule has 29 heavy (non-hydrogen) atoms. The second-order valence-corrected chi connectivity index (χ2v) is 9.10. The second-order valence-electron chi connectivity index (χ2n) is 5.74. The molecule has 152 valence electrons. The summed E-state index contributed by atoms with van der Waals surface area (Å²) in [6.45, 7) is 1.65. The van der Waals surface area contributed by atoms with Crippen molar-refractivity contribution in [2.45, 2.75) is 18.2 Å². The summed E-state index contributed by atoms with van der Waals surface area (Å²) >= 11 is 2.38. The number of carbonyl (C=O) groups is 1. The van der Waals surface area contributed by atoms with Crippen molar-refractivity contribution in [2.24, 2.45) is 5.10 Å². The van der Waals surface area contributed by atoms with Crippen molar-refractivity contribution in [1.29, 1.82) is 0 Å². The van der Waals surface area contributed by atoms with Gasteiger partial charge >= 0.3 is 0 Å². The Bertz CT molecular complexity index is 1110. The summed E-state index contributed by atoms with van der Waals surface area (Å²) in [5.41, 5.74) is 0.469. The van der Waals surface area contributed by atoms with Crippen molar-refractivity contribution in [3.63, 3.8) is 0 Å². The van der Waals surface area contributed by atoms with E-state index in [1.807, 2.05) is 5.38 Å². The third-order valence-corrected chi connectivity index (χ3v) is 6.34. The smallest absolute Gasteiger partial charge is 0.276 e. The largest absolute Gasteiger partial charge is 0.497 e. The molecule has 9 nitrogen and oxygen atoms in total. The maximum absolute atomic E-state index is 12.3. The van der Waals surface area contributed by atoms with Crippen LogP contribution in [0.1, 0.15) is 22.4 Å². The molecule has 2 aromatic heterocycles. The summed E-state index contributed by atoms with van der Waals surface area (Å²) in [5, 5.41) is 8.77. The number of sulfonamides is 1. The van der Waals surface area contributed by atoms with Crippen molar-refractivity contribution < 1.29 is 17.9 Å². The number of thiophene rings is 1. The van der Waals surface area contributed by atoms with E-state index in [1.165, 1.54) is 30.6 Å². The minimum absolute atomic E-state index is 0.0696. The third kappa shape index (κ3) is 5.59. The number of nitrogens with zero attached hydrogens (tertiary/aromatic N) is 3. The predicted octanol–water partition coefficient (Wildman–Crippen LogP) is 2.76. The Labute approximate surface area is 175 Å². The molecule has 3 rings (SSSR count). The molecule has 0 fully saturated rings. The molecule has 2 N–H and O–H groups in total. The SMILES string of the molecule is COc1ccc(S(=O)(=O)N/N=C(\C)Cc2nsc(NC(=O)c3cccs3)n2)cc1. The van der Waals surface area contributed by atoms with Gasteiger partial charge in [-0.3, -0.25) is 10.1 Å². The quantitative estimate of drug-likeness (QED) is 0.401. The van der Waals surface area contributed by atoms with Crippen LogP contribution in [0.3, 0.4) is 0 Å². The molecule has 0 aliphatic rings. The van der Waals surface area contributed by atoms with Gasteiger partial charge in [-0.25, -0.2) is 9.82 Å². The van der Waals surface area contributed by atoms with Gasteiger partial charge < -0.3 is 4.74 Å². The first-order valence-corrected chi connectivity index (χ1v) is 11.4. The van der Waals surface area contributed by atoms with E-state index < -0.39 is 10.0 Å². The Morgan fingerprint density at radius 1 is 1.24 bits per heavy atom. The van der Waals surface area contributed by atoms with E-state index in [-0.39, 0.29) is 17.2 Å². The zero-order valence-electron chi connectivity index (χ0n) is 15.4. The summed E-state index contributed by atoms with van der Waals surface area (Å²) < 4.78 is 33.8. The van der Waals surface area contributed by atoms with Crippen LogP contribution in [0.4, 0.5) is 5.13 Å². The summed E-state index contributed by atoms with van der Waals surface area (Å²) in [6.07, 6.45) is 0.233. The first-order chi connectivity index (χ1) is 13.9. The Kier molecular flexibility index (Phi) is 6.56. The van der Waals surface area contributed by atoms with Gasteiger partial charge in [0.15, 0.2) is 0 Å². The number of methoxy groups -OCH3 is 1. The molecule has 1 aromatic carbocycles. The molecule has 0 spiro atoms. The molecule has 0 saturated heterocycles. The second kappa shape index (κ2) is 9.11. The van der Waals surface area contributed by atoms with Crippen LogP contribution in [0.5, 0.6) is 5.75 Å².